The molecule has 0 spiro atoms. The molecule has 8 nitrogen and oxygen atoms in total. The van der Waals surface area contributed by atoms with Crippen molar-refractivity contribution in [3.8, 4) is 0 Å². The van der Waals surface area contributed by atoms with Gasteiger partial charge in [0.25, 0.3) is 11.5 Å². The first kappa shape index (κ1) is 16.4. The van der Waals surface area contributed by atoms with Crippen LogP contribution in [0, 0.1) is 0 Å². The molecule has 0 radical (unpaired) electrons. The van der Waals surface area contributed by atoms with Gasteiger partial charge in [0.15, 0.2) is 5.78 Å². The number of amides is 1. The highest BCUT2D eigenvalue weighted by molar-refractivity contribution is 6.01. The van der Waals surface area contributed by atoms with Crippen molar-refractivity contribution in [1.82, 2.24) is 19.9 Å². The third-order valence-electron chi connectivity index (χ3n) is 4.89. The standard InChI is InChI=1S/C18H19N5O3/c24-15-4-1-3-14-12(15)11-13(16(25)21-14)17(26)22-7-9-23(10-8-22)18-19-5-2-6-20-18/h2,5-6,11H,1,3-4,7-10H2,(H,21,25). The zero-order valence-electron chi connectivity index (χ0n) is 14.3. The summed E-state index contributed by atoms with van der Waals surface area (Å²) in [5.41, 5.74) is 0.755. The van der Waals surface area contributed by atoms with E-state index in [1.54, 1.807) is 23.4 Å². The van der Waals surface area contributed by atoms with E-state index < -0.39 is 5.56 Å². The molecule has 1 fully saturated rings. The number of aromatic nitrogens is 3. The molecule has 1 saturated heterocycles. The molecular weight excluding hydrogens is 334 g/mol. The van der Waals surface area contributed by atoms with Crippen LogP contribution in [0.25, 0.3) is 0 Å². The number of hydrogen-bond acceptors (Lipinski definition) is 6. The predicted octanol–water partition coefficient (Wildman–Crippen LogP) is 0.646. The van der Waals surface area contributed by atoms with Gasteiger partial charge in [-0.15, -0.1) is 0 Å². The molecule has 0 unspecified atom stereocenters. The molecule has 1 N–H and O–H groups in total. The number of H-pyrrole nitrogens is 1. The number of Topliss-reactive ketones (excluding diaryl/α,β-unsaturated/α-hetero) is 1. The number of carbonyl (C=O) groups is 2. The van der Waals surface area contributed by atoms with Crippen LogP contribution < -0.4 is 10.5 Å². The van der Waals surface area contributed by atoms with Gasteiger partial charge in [-0.3, -0.25) is 14.4 Å². The Morgan fingerprint density at radius 3 is 2.50 bits per heavy atom. The van der Waals surface area contributed by atoms with E-state index in [1.807, 2.05) is 4.90 Å². The van der Waals surface area contributed by atoms with Gasteiger partial charge in [-0.2, -0.15) is 0 Å². The topological polar surface area (TPSA) is 99.3 Å². The molecule has 2 aromatic heterocycles. The minimum atomic E-state index is -0.419. The number of aromatic amines is 1. The van der Waals surface area contributed by atoms with Gasteiger partial charge in [0.05, 0.1) is 0 Å². The molecule has 0 atom stereocenters. The Balaban J connectivity index is 1.51. The summed E-state index contributed by atoms with van der Waals surface area (Å²) in [5, 5.41) is 0. The Kier molecular flexibility index (Phi) is 4.24. The first-order chi connectivity index (χ1) is 12.6. The summed E-state index contributed by atoms with van der Waals surface area (Å²) in [6.45, 7) is 2.14. The summed E-state index contributed by atoms with van der Waals surface area (Å²) >= 11 is 0. The maximum absolute atomic E-state index is 12.8. The van der Waals surface area contributed by atoms with Crippen molar-refractivity contribution >= 4 is 17.6 Å². The van der Waals surface area contributed by atoms with E-state index >= 15 is 0 Å². The Labute approximate surface area is 149 Å². The Morgan fingerprint density at radius 1 is 1.04 bits per heavy atom. The highest BCUT2D eigenvalue weighted by Crippen LogP contribution is 2.19. The highest BCUT2D eigenvalue weighted by Gasteiger charge is 2.27. The average molecular weight is 353 g/mol. The fraction of sp³-hybridized carbons (Fsp3) is 0.389. The smallest absolute Gasteiger partial charge is 0.261 e. The lowest BCUT2D eigenvalue weighted by Crippen LogP contribution is -2.50. The van der Waals surface area contributed by atoms with E-state index in [2.05, 4.69) is 15.0 Å². The summed E-state index contributed by atoms with van der Waals surface area (Å²) in [5.74, 6) is 0.292. The van der Waals surface area contributed by atoms with Gasteiger partial charge in [-0.25, -0.2) is 9.97 Å². The quantitative estimate of drug-likeness (QED) is 0.851. The van der Waals surface area contributed by atoms with E-state index in [4.69, 9.17) is 0 Å². The molecule has 26 heavy (non-hydrogen) atoms. The van der Waals surface area contributed by atoms with Crippen molar-refractivity contribution in [3.05, 3.63) is 51.7 Å². The van der Waals surface area contributed by atoms with E-state index in [0.717, 1.165) is 6.42 Å². The number of fused-ring (bicyclic) bond motifs is 1. The molecular formula is C18H19N5O3. The van der Waals surface area contributed by atoms with Crippen molar-refractivity contribution in [2.75, 3.05) is 31.1 Å². The summed E-state index contributed by atoms with van der Waals surface area (Å²) in [6.07, 6.45) is 5.23. The van der Waals surface area contributed by atoms with Crippen molar-refractivity contribution in [3.63, 3.8) is 0 Å². The second-order valence-electron chi connectivity index (χ2n) is 6.51. The van der Waals surface area contributed by atoms with Crippen LogP contribution in [0.1, 0.15) is 39.3 Å². The zero-order chi connectivity index (χ0) is 18.1. The van der Waals surface area contributed by atoms with Gasteiger partial charge < -0.3 is 14.8 Å². The summed E-state index contributed by atoms with van der Waals surface area (Å²) in [6, 6.07) is 3.23. The molecule has 1 amide bonds. The maximum atomic E-state index is 12.8. The van der Waals surface area contributed by atoms with Crippen LogP contribution in [0.5, 0.6) is 0 Å². The van der Waals surface area contributed by atoms with Gasteiger partial charge in [-0.05, 0) is 25.0 Å². The van der Waals surface area contributed by atoms with E-state index in [0.29, 0.717) is 56.2 Å². The van der Waals surface area contributed by atoms with E-state index in [-0.39, 0.29) is 17.3 Å². The van der Waals surface area contributed by atoms with Crippen LogP contribution >= 0.6 is 0 Å². The number of carbonyl (C=O) groups excluding carboxylic acids is 2. The average Bonchev–Trinajstić information content (AvgIpc) is 2.68. The lowest BCUT2D eigenvalue weighted by atomic mass is 9.93. The molecule has 0 bridgehead atoms. The van der Waals surface area contributed by atoms with Crippen LogP contribution in [-0.2, 0) is 6.42 Å². The lowest BCUT2D eigenvalue weighted by Gasteiger charge is -2.34. The fourth-order valence-electron chi connectivity index (χ4n) is 3.47. The van der Waals surface area contributed by atoms with Crippen molar-refractivity contribution in [2.45, 2.75) is 19.3 Å². The van der Waals surface area contributed by atoms with E-state index in [9.17, 15) is 14.4 Å². The summed E-state index contributed by atoms with van der Waals surface area (Å²) in [4.78, 5) is 52.0. The van der Waals surface area contributed by atoms with Crippen LogP contribution in [0.3, 0.4) is 0 Å². The second kappa shape index (κ2) is 6.70. The van der Waals surface area contributed by atoms with Gasteiger partial charge in [-0.1, -0.05) is 0 Å². The monoisotopic (exact) mass is 353 g/mol. The number of pyridine rings is 1. The van der Waals surface area contributed by atoms with Crippen LogP contribution in [0.2, 0.25) is 0 Å². The molecule has 4 rings (SSSR count). The Bertz CT molecular complexity index is 901. The predicted molar refractivity (Wildman–Crippen MR) is 94.5 cm³/mol. The third-order valence-corrected chi connectivity index (χ3v) is 4.89. The number of rotatable bonds is 2. The van der Waals surface area contributed by atoms with Gasteiger partial charge in [0.2, 0.25) is 5.95 Å². The largest absolute Gasteiger partial charge is 0.337 e. The minimum absolute atomic E-state index is 0.0115. The highest BCUT2D eigenvalue weighted by atomic mass is 16.2. The SMILES string of the molecule is O=C1CCCc2[nH]c(=O)c(C(=O)N3CCN(c4ncccn4)CC3)cc21. The first-order valence-electron chi connectivity index (χ1n) is 8.74. The van der Waals surface area contributed by atoms with E-state index in [1.165, 1.54) is 6.07 Å². The lowest BCUT2D eigenvalue weighted by molar-refractivity contribution is 0.0744. The molecule has 8 heteroatoms. The minimum Gasteiger partial charge on any atom is -0.337 e. The Morgan fingerprint density at radius 2 is 1.77 bits per heavy atom. The zero-order valence-corrected chi connectivity index (χ0v) is 14.3. The second-order valence-corrected chi connectivity index (χ2v) is 6.51. The molecule has 134 valence electrons. The third kappa shape index (κ3) is 2.98. The molecule has 0 saturated carbocycles. The number of hydrogen-bond donors (Lipinski definition) is 1. The molecule has 1 aliphatic carbocycles. The van der Waals surface area contributed by atoms with Crippen molar-refractivity contribution in [1.29, 1.82) is 0 Å². The van der Waals surface area contributed by atoms with Crippen molar-refractivity contribution < 1.29 is 9.59 Å². The fourth-order valence-corrected chi connectivity index (χ4v) is 3.47. The molecule has 2 aromatic rings. The number of piperazine rings is 1. The summed E-state index contributed by atoms with van der Waals surface area (Å²) in [7, 11) is 0. The number of aryl methyl sites for hydroxylation is 1. The van der Waals surface area contributed by atoms with Gasteiger partial charge >= 0.3 is 0 Å². The number of ketones is 1. The van der Waals surface area contributed by atoms with Crippen molar-refractivity contribution in [2.24, 2.45) is 0 Å². The molecule has 0 aromatic carbocycles. The van der Waals surface area contributed by atoms with Crippen LogP contribution in [-0.4, -0.2) is 57.7 Å². The number of nitrogens with one attached hydrogen (secondary N) is 1. The number of anilines is 1. The van der Waals surface area contributed by atoms with Gasteiger partial charge in [0.1, 0.15) is 5.56 Å². The normalized spacial score (nSPS) is 17.2. The number of nitrogens with zero attached hydrogens (tertiary/aromatic N) is 4. The molecule has 3 heterocycles. The first-order valence-corrected chi connectivity index (χ1v) is 8.74. The van der Waals surface area contributed by atoms with Crippen LogP contribution in [0.4, 0.5) is 5.95 Å². The molecule has 1 aliphatic heterocycles. The van der Waals surface area contributed by atoms with Crippen LogP contribution in [0.15, 0.2) is 29.3 Å². The maximum Gasteiger partial charge on any atom is 0.261 e. The summed E-state index contributed by atoms with van der Waals surface area (Å²) < 4.78 is 0. The Hall–Kier alpha value is -3.03. The molecule has 2 aliphatic rings. The van der Waals surface area contributed by atoms with Gasteiger partial charge in [0, 0.05) is 56.3 Å².